The van der Waals surface area contributed by atoms with Crippen LogP contribution < -0.4 is 19.5 Å². The predicted octanol–water partition coefficient (Wildman–Crippen LogP) is 4.43. The second-order valence-corrected chi connectivity index (χ2v) is 8.47. The molecule has 0 unspecified atom stereocenters. The summed E-state index contributed by atoms with van der Waals surface area (Å²) < 4.78 is 51.5. The summed E-state index contributed by atoms with van der Waals surface area (Å²) in [5.74, 6) is 0.124. The fourth-order valence-corrected chi connectivity index (χ4v) is 3.92. The zero-order valence-corrected chi connectivity index (χ0v) is 18.4. The Labute approximate surface area is 186 Å². The van der Waals surface area contributed by atoms with Gasteiger partial charge < -0.3 is 14.8 Å². The lowest BCUT2D eigenvalue weighted by molar-refractivity contribution is -0.122. The van der Waals surface area contributed by atoms with Crippen molar-refractivity contribution in [1.82, 2.24) is 0 Å². The minimum atomic E-state index is -3.86. The van der Waals surface area contributed by atoms with Crippen LogP contribution in [0.2, 0.25) is 0 Å². The van der Waals surface area contributed by atoms with E-state index >= 15 is 0 Å². The molecule has 0 aliphatic carbocycles. The van der Waals surface area contributed by atoms with Gasteiger partial charge in [0.25, 0.3) is 15.9 Å². The van der Waals surface area contributed by atoms with Gasteiger partial charge in [-0.2, -0.15) is 0 Å². The fourth-order valence-electron chi connectivity index (χ4n) is 2.86. The van der Waals surface area contributed by atoms with Crippen LogP contribution in [0, 0.1) is 5.82 Å². The zero-order valence-electron chi connectivity index (χ0n) is 17.5. The van der Waals surface area contributed by atoms with Crippen molar-refractivity contribution in [1.29, 1.82) is 0 Å². The molecule has 3 rings (SSSR count). The maximum absolute atomic E-state index is 13.0. The Morgan fingerprint density at radius 2 is 1.53 bits per heavy atom. The molecule has 0 aliphatic rings. The highest BCUT2D eigenvalue weighted by Gasteiger charge is 2.21. The molecule has 0 aromatic heterocycles. The molecule has 0 saturated heterocycles. The number of carbonyl (C=O) groups is 1. The molecule has 1 amide bonds. The van der Waals surface area contributed by atoms with Crippen LogP contribution in [0.4, 0.5) is 15.8 Å². The van der Waals surface area contributed by atoms with Gasteiger partial charge in [-0.1, -0.05) is 19.1 Å². The Morgan fingerprint density at radius 1 is 0.938 bits per heavy atom. The second-order valence-electron chi connectivity index (χ2n) is 6.79. The number of amides is 1. The molecular formula is C23H23FN2O5S. The molecule has 168 valence electrons. The third kappa shape index (κ3) is 5.76. The Balaban J connectivity index is 1.67. The van der Waals surface area contributed by atoms with Crippen molar-refractivity contribution in [3.05, 3.63) is 78.6 Å². The lowest BCUT2D eigenvalue weighted by Crippen LogP contribution is -2.32. The predicted molar refractivity (Wildman–Crippen MR) is 120 cm³/mol. The van der Waals surface area contributed by atoms with Gasteiger partial charge in [-0.3, -0.25) is 9.52 Å². The minimum absolute atomic E-state index is 0.00265. The number of ether oxygens (including phenoxy) is 2. The number of carbonyl (C=O) groups excluding carboxylic acids is 1. The summed E-state index contributed by atoms with van der Waals surface area (Å²) in [5.41, 5.74) is 0.654. The van der Waals surface area contributed by atoms with E-state index in [4.69, 9.17) is 9.47 Å². The van der Waals surface area contributed by atoms with Gasteiger partial charge in [-0.05, 0) is 67.1 Å². The molecule has 3 aromatic rings. The van der Waals surface area contributed by atoms with Crippen molar-refractivity contribution in [3.63, 3.8) is 0 Å². The van der Waals surface area contributed by atoms with Gasteiger partial charge in [-0.25, -0.2) is 12.8 Å². The van der Waals surface area contributed by atoms with Gasteiger partial charge in [0.2, 0.25) is 0 Å². The SMILES string of the molecule is CC[C@@H](Oc1ccccc1OC)C(=O)Nc1ccc(S(=O)(=O)Nc2ccc(F)cc2)cc1. The molecule has 32 heavy (non-hydrogen) atoms. The summed E-state index contributed by atoms with van der Waals surface area (Å²) in [6.07, 6.45) is -0.354. The molecule has 3 aromatic carbocycles. The summed E-state index contributed by atoms with van der Waals surface area (Å²) >= 11 is 0. The van der Waals surface area contributed by atoms with Crippen LogP contribution in [0.25, 0.3) is 0 Å². The second kappa shape index (κ2) is 10.1. The van der Waals surface area contributed by atoms with E-state index < -0.39 is 21.9 Å². The number of rotatable bonds is 9. The van der Waals surface area contributed by atoms with E-state index in [0.717, 1.165) is 12.1 Å². The molecule has 0 aliphatic heterocycles. The average molecular weight is 459 g/mol. The monoisotopic (exact) mass is 458 g/mol. The van der Waals surface area contributed by atoms with Crippen LogP contribution in [0.15, 0.2) is 77.7 Å². The first-order valence-electron chi connectivity index (χ1n) is 9.81. The van der Waals surface area contributed by atoms with E-state index in [1.54, 1.807) is 24.3 Å². The van der Waals surface area contributed by atoms with Gasteiger partial charge in [0.15, 0.2) is 17.6 Å². The van der Waals surface area contributed by atoms with Gasteiger partial charge in [0.05, 0.1) is 12.0 Å². The molecule has 2 N–H and O–H groups in total. The number of benzene rings is 3. The Morgan fingerprint density at radius 3 is 2.12 bits per heavy atom. The topological polar surface area (TPSA) is 93.7 Å². The first-order valence-corrected chi connectivity index (χ1v) is 11.3. The van der Waals surface area contributed by atoms with Crippen LogP contribution in [0.5, 0.6) is 11.5 Å². The van der Waals surface area contributed by atoms with Crippen LogP contribution >= 0.6 is 0 Å². The lowest BCUT2D eigenvalue weighted by Gasteiger charge is -2.19. The van der Waals surface area contributed by atoms with Crippen molar-refractivity contribution < 1.29 is 27.1 Å². The van der Waals surface area contributed by atoms with E-state index in [9.17, 15) is 17.6 Å². The summed E-state index contributed by atoms with van der Waals surface area (Å²) in [6.45, 7) is 1.82. The third-order valence-corrected chi connectivity index (χ3v) is 5.93. The number of hydrogen-bond donors (Lipinski definition) is 2. The molecule has 9 heteroatoms. The summed E-state index contributed by atoms with van der Waals surface area (Å²) in [6, 6.07) is 17.7. The van der Waals surface area contributed by atoms with Gasteiger partial charge >= 0.3 is 0 Å². The molecule has 0 fully saturated rings. The molecule has 1 atom stereocenters. The number of anilines is 2. The number of methoxy groups -OCH3 is 1. The first kappa shape index (κ1) is 23.1. The highest BCUT2D eigenvalue weighted by atomic mass is 32.2. The minimum Gasteiger partial charge on any atom is -0.493 e. The smallest absolute Gasteiger partial charge is 0.265 e. The molecule has 0 heterocycles. The summed E-state index contributed by atoms with van der Waals surface area (Å²) in [7, 11) is -2.35. The first-order chi connectivity index (χ1) is 15.3. The number of nitrogens with one attached hydrogen (secondary N) is 2. The molecular weight excluding hydrogens is 435 g/mol. The van der Waals surface area contributed by atoms with Crippen LogP contribution in [0.1, 0.15) is 13.3 Å². The van der Waals surface area contributed by atoms with Crippen molar-refractivity contribution in [3.8, 4) is 11.5 Å². The normalized spacial score (nSPS) is 12.0. The largest absolute Gasteiger partial charge is 0.493 e. The standard InChI is InChI=1S/C23H23FN2O5S/c1-3-20(31-22-7-5-4-6-21(22)30-2)23(27)25-17-12-14-19(15-13-17)32(28,29)26-18-10-8-16(24)9-11-18/h4-15,20,26H,3H2,1-2H3,(H,25,27)/t20-/m1/s1. The van der Waals surface area contributed by atoms with E-state index in [0.29, 0.717) is 23.6 Å². The van der Waals surface area contributed by atoms with E-state index in [-0.39, 0.29) is 16.5 Å². The van der Waals surface area contributed by atoms with E-state index in [2.05, 4.69) is 10.0 Å². The number of para-hydroxylation sites is 2. The van der Waals surface area contributed by atoms with Crippen molar-refractivity contribution in [2.45, 2.75) is 24.3 Å². The van der Waals surface area contributed by atoms with Crippen molar-refractivity contribution in [2.75, 3.05) is 17.1 Å². The molecule has 7 nitrogen and oxygen atoms in total. The lowest BCUT2D eigenvalue weighted by atomic mass is 10.2. The van der Waals surface area contributed by atoms with Gasteiger partial charge in [0.1, 0.15) is 5.82 Å². The Hall–Kier alpha value is -3.59. The van der Waals surface area contributed by atoms with E-state index in [1.165, 1.54) is 43.5 Å². The van der Waals surface area contributed by atoms with Crippen LogP contribution in [-0.4, -0.2) is 27.5 Å². The highest BCUT2D eigenvalue weighted by Crippen LogP contribution is 2.27. The van der Waals surface area contributed by atoms with Gasteiger partial charge in [-0.15, -0.1) is 0 Å². The van der Waals surface area contributed by atoms with Gasteiger partial charge in [0, 0.05) is 11.4 Å². The Kier molecular flexibility index (Phi) is 7.32. The number of halogens is 1. The summed E-state index contributed by atoms with van der Waals surface area (Å²) in [5, 5.41) is 2.72. The van der Waals surface area contributed by atoms with Crippen LogP contribution in [-0.2, 0) is 14.8 Å². The molecule has 0 saturated carbocycles. The van der Waals surface area contributed by atoms with Crippen LogP contribution in [0.3, 0.4) is 0 Å². The maximum atomic E-state index is 13.0. The zero-order chi connectivity index (χ0) is 23.1. The molecule has 0 radical (unpaired) electrons. The van der Waals surface area contributed by atoms with Crippen molar-refractivity contribution >= 4 is 27.3 Å². The molecule has 0 spiro atoms. The average Bonchev–Trinajstić information content (AvgIpc) is 2.79. The quantitative estimate of drug-likeness (QED) is 0.495. The summed E-state index contributed by atoms with van der Waals surface area (Å²) in [4.78, 5) is 12.7. The van der Waals surface area contributed by atoms with Crippen molar-refractivity contribution in [2.24, 2.45) is 0 Å². The number of sulfonamides is 1. The highest BCUT2D eigenvalue weighted by molar-refractivity contribution is 7.92. The maximum Gasteiger partial charge on any atom is 0.265 e. The van der Waals surface area contributed by atoms with E-state index in [1.807, 2.05) is 6.92 Å². The fraction of sp³-hybridized carbons (Fsp3) is 0.174. The number of hydrogen-bond acceptors (Lipinski definition) is 5. The third-order valence-electron chi connectivity index (χ3n) is 4.53. The Bertz CT molecular complexity index is 1170. The molecule has 0 bridgehead atoms.